The van der Waals surface area contributed by atoms with Crippen LogP contribution in [0.15, 0.2) is 18.2 Å². The smallest absolute Gasteiger partial charge is 0.341 e. The molecule has 0 unspecified atom stereocenters. The Labute approximate surface area is 175 Å². The van der Waals surface area contributed by atoms with Gasteiger partial charge in [0.05, 0.1) is 32.9 Å². The van der Waals surface area contributed by atoms with Crippen molar-refractivity contribution in [3.63, 3.8) is 0 Å². The van der Waals surface area contributed by atoms with E-state index >= 15 is 0 Å². The second-order valence-corrected chi connectivity index (χ2v) is 7.84. The fourth-order valence-electron chi connectivity index (χ4n) is 2.93. The van der Waals surface area contributed by atoms with E-state index in [9.17, 15) is 9.59 Å². The van der Waals surface area contributed by atoms with Crippen molar-refractivity contribution >= 4 is 28.2 Å². The molecule has 0 radical (unpaired) electrons. The molecule has 1 heterocycles. The number of anilines is 1. The number of nitrogens with zero attached hydrogens (tertiary/aromatic N) is 1. The summed E-state index contributed by atoms with van der Waals surface area (Å²) in [5, 5.41) is 3.37. The second-order valence-electron chi connectivity index (χ2n) is 6.62. The van der Waals surface area contributed by atoms with Crippen molar-refractivity contribution in [2.75, 3.05) is 39.7 Å². The third-order valence-corrected chi connectivity index (χ3v) is 5.54. The molecule has 0 spiro atoms. The molecule has 2 rings (SSSR count). The Balaban J connectivity index is 2.03. The summed E-state index contributed by atoms with van der Waals surface area (Å²) in [5.41, 5.74) is 2.24. The molecule has 0 atom stereocenters. The quantitative estimate of drug-likeness (QED) is 0.624. The first-order valence-corrected chi connectivity index (χ1v) is 10.1. The van der Waals surface area contributed by atoms with Crippen LogP contribution in [0.5, 0.6) is 11.5 Å². The van der Waals surface area contributed by atoms with Crippen LogP contribution in [-0.4, -0.2) is 51.2 Å². The van der Waals surface area contributed by atoms with Crippen LogP contribution in [0.1, 0.15) is 33.3 Å². The van der Waals surface area contributed by atoms with Crippen LogP contribution < -0.4 is 14.8 Å². The maximum Gasteiger partial charge on any atom is 0.341 e. The lowest BCUT2D eigenvalue weighted by molar-refractivity contribution is -0.117. The fourth-order valence-corrected chi connectivity index (χ4v) is 3.99. The van der Waals surface area contributed by atoms with Gasteiger partial charge in [0.15, 0.2) is 11.5 Å². The normalized spacial score (nSPS) is 10.7. The van der Waals surface area contributed by atoms with Gasteiger partial charge in [0.2, 0.25) is 5.91 Å². The standard InChI is InChI=1S/C21H28N2O5S/c1-7-28-16-9-8-15(10-17(16)26-5)11-23(4)12-18(24)22-20-19(21(25)27-6)13(2)14(3)29-20/h8-10H,7,11-12H2,1-6H3,(H,22,24). The highest BCUT2D eigenvalue weighted by Gasteiger charge is 2.22. The van der Waals surface area contributed by atoms with Gasteiger partial charge in [-0.2, -0.15) is 0 Å². The van der Waals surface area contributed by atoms with Crippen LogP contribution in [0.25, 0.3) is 0 Å². The molecule has 0 aliphatic heterocycles. The first-order chi connectivity index (χ1) is 13.8. The average Bonchev–Trinajstić information content (AvgIpc) is 2.95. The van der Waals surface area contributed by atoms with Crippen molar-refractivity contribution in [2.24, 2.45) is 0 Å². The molecule has 0 aliphatic carbocycles. The number of aryl methyl sites for hydroxylation is 1. The minimum atomic E-state index is -0.447. The predicted octanol–water partition coefficient (Wildman–Crippen LogP) is 3.63. The largest absolute Gasteiger partial charge is 0.493 e. The Morgan fingerprint density at radius 2 is 1.90 bits per heavy atom. The van der Waals surface area contributed by atoms with Crippen molar-refractivity contribution < 1.29 is 23.8 Å². The van der Waals surface area contributed by atoms with E-state index in [-0.39, 0.29) is 12.5 Å². The number of methoxy groups -OCH3 is 2. The van der Waals surface area contributed by atoms with E-state index < -0.39 is 5.97 Å². The zero-order valence-corrected chi connectivity index (χ0v) is 18.6. The van der Waals surface area contributed by atoms with Crippen LogP contribution in [0.4, 0.5) is 5.00 Å². The molecule has 29 heavy (non-hydrogen) atoms. The topological polar surface area (TPSA) is 77.1 Å². The molecule has 158 valence electrons. The average molecular weight is 421 g/mol. The van der Waals surface area contributed by atoms with Crippen LogP contribution in [0, 0.1) is 13.8 Å². The Morgan fingerprint density at radius 1 is 1.17 bits per heavy atom. The number of likely N-dealkylation sites (N-methyl/N-ethyl adjacent to an activating group) is 1. The summed E-state index contributed by atoms with van der Waals surface area (Å²) < 4.78 is 15.8. The third kappa shape index (κ3) is 5.71. The van der Waals surface area contributed by atoms with Crippen molar-refractivity contribution in [1.82, 2.24) is 4.90 Å². The summed E-state index contributed by atoms with van der Waals surface area (Å²) in [7, 11) is 4.79. The number of thiophene rings is 1. The molecule has 1 N–H and O–H groups in total. The molecule has 0 saturated carbocycles. The number of benzene rings is 1. The number of hydrogen-bond acceptors (Lipinski definition) is 7. The number of rotatable bonds is 9. The Bertz CT molecular complexity index is 878. The summed E-state index contributed by atoms with van der Waals surface area (Å²) >= 11 is 1.37. The van der Waals surface area contributed by atoms with E-state index in [1.807, 2.05) is 50.9 Å². The monoisotopic (exact) mass is 420 g/mol. The van der Waals surface area contributed by atoms with Gasteiger partial charge in [0.1, 0.15) is 5.00 Å². The highest BCUT2D eigenvalue weighted by atomic mass is 32.1. The molecule has 7 nitrogen and oxygen atoms in total. The minimum Gasteiger partial charge on any atom is -0.493 e. The van der Waals surface area contributed by atoms with Gasteiger partial charge in [0, 0.05) is 11.4 Å². The molecule has 8 heteroatoms. The summed E-state index contributed by atoms with van der Waals surface area (Å²) in [6.45, 7) is 6.97. The molecule has 0 fully saturated rings. The van der Waals surface area contributed by atoms with E-state index in [1.54, 1.807) is 7.11 Å². The first-order valence-electron chi connectivity index (χ1n) is 9.27. The number of amides is 1. The van der Waals surface area contributed by atoms with Gasteiger partial charge < -0.3 is 19.5 Å². The van der Waals surface area contributed by atoms with Gasteiger partial charge in [-0.1, -0.05) is 6.07 Å². The second kappa shape index (κ2) is 10.3. The van der Waals surface area contributed by atoms with Gasteiger partial charge in [-0.25, -0.2) is 4.79 Å². The zero-order valence-electron chi connectivity index (χ0n) is 17.8. The van der Waals surface area contributed by atoms with Crippen molar-refractivity contribution in [3.8, 4) is 11.5 Å². The van der Waals surface area contributed by atoms with Crippen LogP contribution in [0.3, 0.4) is 0 Å². The molecular weight excluding hydrogens is 392 g/mol. The van der Waals surface area contributed by atoms with E-state index in [4.69, 9.17) is 14.2 Å². The number of hydrogen-bond donors (Lipinski definition) is 1. The molecular formula is C21H28N2O5S. The SMILES string of the molecule is CCOc1ccc(CN(C)CC(=O)Nc2sc(C)c(C)c2C(=O)OC)cc1OC. The molecule has 1 aromatic carbocycles. The lowest BCUT2D eigenvalue weighted by atomic mass is 10.1. The zero-order chi connectivity index (χ0) is 21.6. The number of nitrogens with one attached hydrogen (secondary N) is 1. The molecule has 1 aromatic heterocycles. The Morgan fingerprint density at radius 3 is 2.52 bits per heavy atom. The van der Waals surface area contributed by atoms with Gasteiger partial charge in [-0.15, -0.1) is 11.3 Å². The summed E-state index contributed by atoms with van der Waals surface area (Å²) in [6, 6.07) is 5.72. The first kappa shape index (κ1) is 22.7. The molecule has 0 bridgehead atoms. The summed E-state index contributed by atoms with van der Waals surface area (Å²) in [5.74, 6) is 0.709. The highest BCUT2D eigenvalue weighted by Crippen LogP contribution is 2.33. The molecule has 1 amide bonds. The number of esters is 1. The van der Waals surface area contributed by atoms with E-state index in [2.05, 4.69) is 5.32 Å². The number of carbonyl (C=O) groups is 2. The summed E-state index contributed by atoms with van der Waals surface area (Å²) in [6.07, 6.45) is 0. The number of ether oxygens (including phenoxy) is 3. The highest BCUT2D eigenvalue weighted by molar-refractivity contribution is 7.16. The van der Waals surface area contributed by atoms with Gasteiger partial charge in [-0.3, -0.25) is 9.69 Å². The maximum absolute atomic E-state index is 12.5. The third-order valence-electron chi connectivity index (χ3n) is 4.42. The van der Waals surface area contributed by atoms with Crippen LogP contribution >= 0.6 is 11.3 Å². The van der Waals surface area contributed by atoms with Crippen molar-refractivity contribution in [2.45, 2.75) is 27.3 Å². The lowest BCUT2D eigenvalue weighted by Crippen LogP contribution is -2.30. The Kier molecular flexibility index (Phi) is 8.04. The van der Waals surface area contributed by atoms with Crippen molar-refractivity contribution in [1.29, 1.82) is 0 Å². The van der Waals surface area contributed by atoms with Gasteiger partial charge >= 0.3 is 5.97 Å². The molecule has 2 aromatic rings. The van der Waals surface area contributed by atoms with Crippen LogP contribution in [0.2, 0.25) is 0 Å². The molecule has 0 saturated heterocycles. The Hall–Kier alpha value is -2.58. The van der Waals surface area contributed by atoms with E-state index in [0.29, 0.717) is 35.2 Å². The fraction of sp³-hybridized carbons (Fsp3) is 0.429. The molecule has 0 aliphatic rings. The predicted molar refractivity (Wildman–Crippen MR) is 114 cm³/mol. The summed E-state index contributed by atoms with van der Waals surface area (Å²) in [4.78, 5) is 27.4. The van der Waals surface area contributed by atoms with Gasteiger partial charge in [0.25, 0.3) is 0 Å². The van der Waals surface area contributed by atoms with Crippen LogP contribution in [-0.2, 0) is 16.1 Å². The van der Waals surface area contributed by atoms with Crippen molar-refractivity contribution in [3.05, 3.63) is 39.8 Å². The van der Waals surface area contributed by atoms with Gasteiger partial charge in [-0.05, 0) is 51.1 Å². The minimum absolute atomic E-state index is 0.173. The van der Waals surface area contributed by atoms with E-state index in [1.165, 1.54) is 18.4 Å². The number of carbonyl (C=O) groups excluding carboxylic acids is 2. The maximum atomic E-state index is 12.5. The van der Waals surface area contributed by atoms with E-state index in [0.717, 1.165) is 16.0 Å². The lowest BCUT2D eigenvalue weighted by Gasteiger charge is -2.17.